The van der Waals surface area contributed by atoms with Crippen LogP contribution >= 0.6 is 0 Å². The first-order valence-electron chi connectivity index (χ1n) is 15.8. The topological polar surface area (TPSA) is 0 Å². The van der Waals surface area contributed by atoms with Gasteiger partial charge in [-0.25, -0.2) is 0 Å². The van der Waals surface area contributed by atoms with E-state index in [9.17, 15) is 0 Å². The second kappa shape index (κ2) is 8.28. The van der Waals surface area contributed by atoms with Crippen molar-refractivity contribution in [2.75, 3.05) is 0 Å². The van der Waals surface area contributed by atoms with E-state index in [0.717, 1.165) is 0 Å². The summed E-state index contributed by atoms with van der Waals surface area (Å²) in [5.74, 6) is 8.88. The molecule has 12 rings (SSSR count). The van der Waals surface area contributed by atoms with Gasteiger partial charge in [-0.1, -0.05) is 145 Å². The van der Waals surface area contributed by atoms with Crippen LogP contribution in [0.3, 0.4) is 0 Å². The lowest BCUT2D eigenvalue weighted by molar-refractivity contribution is 0.644. The van der Waals surface area contributed by atoms with Gasteiger partial charge >= 0.3 is 0 Å². The summed E-state index contributed by atoms with van der Waals surface area (Å²) < 4.78 is 0. The summed E-state index contributed by atoms with van der Waals surface area (Å²) in [6.45, 7) is 4.58. The van der Waals surface area contributed by atoms with Crippen molar-refractivity contribution in [1.29, 1.82) is 0 Å². The van der Waals surface area contributed by atoms with Gasteiger partial charge in [0.05, 0.1) is 0 Å². The molecule has 0 nitrogen and oxygen atoms in total. The molecule has 0 aliphatic heterocycles. The highest BCUT2D eigenvalue weighted by atomic mass is 14.5. The molecule has 0 amide bonds. The van der Waals surface area contributed by atoms with Crippen molar-refractivity contribution in [3.8, 4) is 11.8 Å². The lowest BCUT2D eigenvalue weighted by atomic mass is 9.50. The molecule has 0 fully saturated rings. The largest absolute Gasteiger partial charge is 0.107 e. The van der Waals surface area contributed by atoms with Gasteiger partial charge in [-0.2, -0.15) is 0 Å². The zero-order valence-electron chi connectivity index (χ0n) is 24.9. The molecule has 6 aromatic rings. The van der Waals surface area contributed by atoms with Crippen molar-refractivity contribution in [3.63, 3.8) is 0 Å². The average Bonchev–Trinajstić information content (AvgIpc) is 3.09. The molecule has 0 spiro atoms. The average molecular weight is 559 g/mol. The van der Waals surface area contributed by atoms with Gasteiger partial charge < -0.3 is 0 Å². The molecule has 6 aliphatic rings. The molecule has 0 heteroatoms. The van der Waals surface area contributed by atoms with Crippen LogP contribution in [0.15, 0.2) is 133 Å². The first-order chi connectivity index (χ1) is 21.7. The van der Waals surface area contributed by atoms with Crippen LogP contribution in [0.5, 0.6) is 0 Å². The molecule has 0 saturated heterocycles. The molecule has 0 heterocycles. The Kier molecular flexibility index (Phi) is 4.58. The highest BCUT2D eigenvalue weighted by Crippen LogP contribution is 2.62. The number of hydrogen-bond donors (Lipinski definition) is 0. The molecule has 0 N–H and O–H groups in total. The number of aryl methyl sites for hydroxylation is 2. The minimum atomic E-state index is -0.574. The van der Waals surface area contributed by atoms with Crippen LogP contribution in [0, 0.1) is 25.7 Å². The fourth-order valence-electron chi connectivity index (χ4n) is 9.57. The number of rotatable bonds is 0. The molecule has 0 unspecified atom stereocenters. The fourth-order valence-corrected chi connectivity index (χ4v) is 9.57. The van der Waals surface area contributed by atoms with E-state index in [4.69, 9.17) is 0 Å². The van der Waals surface area contributed by atoms with Crippen LogP contribution < -0.4 is 0 Å². The normalized spacial score (nSPS) is 23.7. The Morgan fingerprint density at radius 2 is 0.727 bits per heavy atom. The first kappa shape index (κ1) is 24.3. The van der Waals surface area contributed by atoms with E-state index in [1.54, 1.807) is 0 Å². The third-order valence-electron chi connectivity index (χ3n) is 11.2. The van der Waals surface area contributed by atoms with Crippen LogP contribution in [0.1, 0.15) is 89.7 Å². The van der Waals surface area contributed by atoms with E-state index >= 15 is 0 Å². The number of hydrogen-bond acceptors (Lipinski definition) is 0. The van der Waals surface area contributed by atoms with Crippen LogP contribution in [0.25, 0.3) is 0 Å². The second-order valence-electron chi connectivity index (χ2n) is 13.0. The summed E-state index contributed by atoms with van der Waals surface area (Å²) in [5, 5.41) is 0. The van der Waals surface area contributed by atoms with Gasteiger partial charge in [-0.05, 0) is 91.7 Å². The summed E-state index contributed by atoms with van der Waals surface area (Å²) in [5.41, 5.74) is 18.0. The minimum Gasteiger partial charge on any atom is -0.0802 e. The second-order valence-corrected chi connectivity index (χ2v) is 13.0. The van der Waals surface area contributed by atoms with Crippen LogP contribution in [0.4, 0.5) is 0 Å². The Labute approximate surface area is 259 Å². The molecule has 0 radical (unpaired) electrons. The molecule has 206 valence electrons. The molecule has 0 saturated carbocycles. The maximum absolute atomic E-state index is 4.22. The molecule has 6 aromatic carbocycles. The highest BCUT2D eigenvalue weighted by Gasteiger charge is 2.54. The number of benzene rings is 6. The van der Waals surface area contributed by atoms with Crippen molar-refractivity contribution in [2.45, 2.75) is 36.5 Å². The summed E-state index contributed by atoms with van der Waals surface area (Å²) in [4.78, 5) is 0. The Morgan fingerprint density at radius 3 is 1.18 bits per heavy atom. The van der Waals surface area contributed by atoms with Gasteiger partial charge in [0, 0.05) is 11.8 Å². The van der Waals surface area contributed by atoms with E-state index in [1.165, 1.54) is 77.9 Å². The van der Waals surface area contributed by atoms with Gasteiger partial charge in [0.1, 0.15) is 10.8 Å². The molecule has 0 aromatic heterocycles. The third kappa shape index (κ3) is 2.65. The molecule has 44 heavy (non-hydrogen) atoms. The fraction of sp³-hybridized carbons (Fsp3) is 0.136. The van der Waals surface area contributed by atoms with Crippen molar-refractivity contribution in [3.05, 3.63) is 211 Å². The van der Waals surface area contributed by atoms with E-state index < -0.39 is 10.8 Å². The van der Waals surface area contributed by atoms with Crippen molar-refractivity contribution in [1.82, 2.24) is 0 Å². The summed E-state index contributed by atoms with van der Waals surface area (Å²) in [7, 11) is 0. The Morgan fingerprint density at radius 1 is 0.386 bits per heavy atom. The zero-order valence-corrected chi connectivity index (χ0v) is 24.9. The van der Waals surface area contributed by atoms with E-state index in [-0.39, 0.29) is 11.8 Å². The van der Waals surface area contributed by atoms with Gasteiger partial charge in [-0.15, -0.1) is 0 Å². The highest BCUT2D eigenvalue weighted by molar-refractivity contribution is 5.80. The SMILES string of the molecule is Cc1ccc(C)c2c1C1c3ccccc3C2(C#CC23c4ccccc4C(c4ccccc42)c2ccccc23)c2ccccc21. The Balaban J connectivity index is 1.39. The Hall–Kier alpha value is -5.12. The third-order valence-corrected chi connectivity index (χ3v) is 11.2. The molecule has 0 atom stereocenters. The maximum atomic E-state index is 4.22. The summed E-state index contributed by atoms with van der Waals surface area (Å²) in [6, 6.07) is 50.0. The molecule has 4 bridgehead atoms. The molecular formula is C44H30. The predicted molar refractivity (Wildman–Crippen MR) is 178 cm³/mol. The minimum absolute atomic E-state index is 0.228. The van der Waals surface area contributed by atoms with Gasteiger partial charge in [0.2, 0.25) is 0 Å². The van der Waals surface area contributed by atoms with Crippen molar-refractivity contribution < 1.29 is 0 Å². The van der Waals surface area contributed by atoms with Gasteiger partial charge in [0.25, 0.3) is 0 Å². The quantitative estimate of drug-likeness (QED) is 0.163. The zero-order chi connectivity index (χ0) is 29.2. The lowest BCUT2D eigenvalue weighted by Crippen LogP contribution is -2.44. The Bertz CT molecular complexity index is 2120. The first-order valence-corrected chi connectivity index (χ1v) is 15.8. The summed E-state index contributed by atoms with van der Waals surface area (Å²) in [6.07, 6.45) is 0. The molecule has 6 aliphatic carbocycles. The summed E-state index contributed by atoms with van der Waals surface area (Å²) >= 11 is 0. The van der Waals surface area contributed by atoms with Gasteiger partial charge in [-0.3, -0.25) is 0 Å². The van der Waals surface area contributed by atoms with Crippen LogP contribution in [-0.4, -0.2) is 0 Å². The van der Waals surface area contributed by atoms with Crippen molar-refractivity contribution in [2.24, 2.45) is 0 Å². The maximum Gasteiger partial charge on any atom is 0.107 e. The predicted octanol–water partition coefficient (Wildman–Crippen LogP) is 9.29. The van der Waals surface area contributed by atoms with E-state index in [2.05, 4.69) is 159 Å². The van der Waals surface area contributed by atoms with Crippen LogP contribution in [0.2, 0.25) is 0 Å². The molecular weight excluding hydrogens is 528 g/mol. The van der Waals surface area contributed by atoms with Crippen molar-refractivity contribution >= 4 is 0 Å². The smallest absolute Gasteiger partial charge is 0.0802 e. The monoisotopic (exact) mass is 558 g/mol. The standard InChI is InChI=1S/C44H30/c1-27-23-24-28(2)42-39(27)41-32-16-6-11-21-37(32)44(42,38-22-12-7-17-33(38)41)26-25-43-34-18-8-3-13-29(34)40(30-14-4-9-19-35(30)43)31-15-5-10-20-36(31)43/h3-24,40-41H,1-2H3. The van der Waals surface area contributed by atoms with Gasteiger partial charge in [0.15, 0.2) is 0 Å². The van der Waals surface area contributed by atoms with E-state index in [0.29, 0.717) is 0 Å². The van der Waals surface area contributed by atoms with Crippen LogP contribution in [-0.2, 0) is 10.8 Å². The van der Waals surface area contributed by atoms with E-state index in [1.807, 2.05) is 0 Å². The lowest BCUT2D eigenvalue weighted by Gasteiger charge is -2.50.